The van der Waals surface area contributed by atoms with Gasteiger partial charge in [-0.25, -0.2) is 4.79 Å². The molecule has 1 aromatic heterocycles. The lowest BCUT2D eigenvalue weighted by Gasteiger charge is -2.26. The summed E-state index contributed by atoms with van der Waals surface area (Å²) in [6, 6.07) is 16.0. The second-order valence-electron chi connectivity index (χ2n) is 7.97. The number of hydrogen-bond donors (Lipinski definition) is 0. The maximum Gasteiger partial charge on any atom is 0.334 e. The molecule has 9 heteroatoms. The molecular weight excluding hydrogens is 472 g/mol. The van der Waals surface area contributed by atoms with Crippen molar-refractivity contribution in [1.82, 2.24) is 9.63 Å². The van der Waals surface area contributed by atoms with Crippen LogP contribution < -0.4 is 0 Å². The lowest BCUT2D eigenvalue weighted by Crippen LogP contribution is -2.32. The lowest BCUT2D eigenvalue weighted by molar-refractivity contribution is -0.197. The van der Waals surface area contributed by atoms with Crippen LogP contribution in [0.1, 0.15) is 47.5 Å². The average Bonchev–Trinajstić information content (AvgIpc) is 3.36. The first-order valence-electron chi connectivity index (χ1n) is 11.1. The van der Waals surface area contributed by atoms with Gasteiger partial charge in [-0.15, -0.1) is 28.6 Å². The normalized spacial score (nSPS) is 17.1. The Morgan fingerprint density at radius 2 is 1.76 bits per heavy atom. The first-order valence-corrected chi connectivity index (χ1v) is 13.0. The average molecular weight is 495 g/mol. The number of hydrogen-bond acceptors (Lipinski definition) is 7. The Morgan fingerprint density at radius 1 is 1.06 bits per heavy atom. The number of carbonyl (C=O) groups is 4. The molecule has 3 aromatic rings. The maximum atomic E-state index is 13.0. The number of amides is 2. The zero-order chi connectivity index (χ0) is 23.8. The fourth-order valence-electron chi connectivity index (χ4n) is 4.30. The Morgan fingerprint density at radius 3 is 2.53 bits per heavy atom. The highest BCUT2D eigenvalue weighted by molar-refractivity contribution is 8.16. The first-order chi connectivity index (χ1) is 16.5. The number of thioether (sulfide) groups is 2. The predicted octanol–water partition coefficient (Wildman–Crippen LogP) is 5.19. The number of benzene rings is 2. The number of para-hydroxylation sites is 1. The van der Waals surface area contributed by atoms with Gasteiger partial charge in [-0.05, 0) is 12.1 Å². The molecule has 1 saturated heterocycles. The van der Waals surface area contributed by atoms with E-state index in [-0.39, 0.29) is 29.8 Å². The van der Waals surface area contributed by atoms with Gasteiger partial charge in [0, 0.05) is 46.4 Å². The Labute approximate surface area is 204 Å². The summed E-state index contributed by atoms with van der Waals surface area (Å²) in [6.07, 6.45) is 0.588. The van der Waals surface area contributed by atoms with E-state index in [0.717, 1.165) is 32.6 Å². The molecule has 3 heterocycles. The monoisotopic (exact) mass is 494 g/mol. The van der Waals surface area contributed by atoms with Gasteiger partial charge in [-0.3, -0.25) is 19.0 Å². The molecule has 2 aliphatic rings. The van der Waals surface area contributed by atoms with Crippen LogP contribution in [0.3, 0.4) is 0 Å². The zero-order valence-electron chi connectivity index (χ0n) is 18.5. The third-order valence-electron chi connectivity index (χ3n) is 5.85. The maximum absolute atomic E-state index is 13.0. The van der Waals surface area contributed by atoms with Gasteiger partial charge in [0.15, 0.2) is 0 Å². The topological polar surface area (TPSA) is 85.7 Å². The van der Waals surface area contributed by atoms with Crippen LogP contribution in [0, 0.1) is 0 Å². The fraction of sp³-hybridized carbons (Fsp3) is 0.280. The molecule has 0 radical (unpaired) electrons. The summed E-state index contributed by atoms with van der Waals surface area (Å²) in [6.45, 7) is 1.86. The molecule has 34 heavy (non-hydrogen) atoms. The molecule has 0 bridgehead atoms. The fourth-order valence-corrected chi connectivity index (χ4v) is 7.11. The van der Waals surface area contributed by atoms with Gasteiger partial charge in [-0.1, -0.05) is 43.3 Å². The summed E-state index contributed by atoms with van der Waals surface area (Å²) in [7, 11) is 0. The second kappa shape index (κ2) is 9.31. The number of carbonyl (C=O) groups excluding carboxylic acids is 4. The molecule has 0 spiro atoms. The largest absolute Gasteiger partial charge is 0.334 e. The molecule has 0 saturated carbocycles. The molecule has 2 amide bonds. The van der Waals surface area contributed by atoms with Crippen molar-refractivity contribution in [2.45, 2.75) is 42.1 Å². The van der Waals surface area contributed by atoms with Gasteiger partial charge >= 0.3 is 5.97 Å². The Bertz CT molecular complexity index is 1320. The Kier molecular flexibility index (Phi) is 6.22. The molecule has 1 fully saturated rings. The number of nitrogens with zero attached hydrogens (tertiary/aromatic N) is 2. The van der Waals surface area contributed by atoms with Crippen LogP contribution in [-0.4, -0.2) is 39.1 Å². The van der Waals surface area contributed by atoms with Crippen molar-refractivity contribution in [1.29, 1.82) is 0 Å². The van der Waals surface area contributed by atoms with Gasteiger partial charge in [-0.2, -0.15) is 0 Å². The van der Waals surface area contributed by atoms with Crippen molar-refractivity contribution in [3.05, 3.63) is 54.1 Å². The summed E-state index contributed by atoms with van der Waals surface area (Å²) in [5, 5.41) is 1.61. The molecule has 1 atom stereocenters. The molecule has 174 valence electrons. The number of aromatic nitrogens is 1. The van der Waals surface area contributed by atoms with Gasteiger partial charge < -0.3 is 4.84 Å². The number of imide groups is 1. The standard InChI is InChI=1S/C25H22N2O5S2/c1-2-19(28)26-17-9-5-3-7-15(17)23-24(26)16-8-4-6-10-18(16)34-25(23)33-14-13-22(31)32-27-20(29)11-12-21(27)30/h3-10,25H,2,11-14H2,1H3. The molecule has 0 aliphatic carbocycles. The van der Waals surface area contributed by atoms with Crippen LogP contribution in [0.5, 0.6) is 0 Å². The summed E-state index contributed by atoms with van der Waals surface area (Å²) in [4.78, 5) is 54.8. The third kappa shape index (κ3) is 3.92. The van der Waals surface area contributed by atoms with Crippen LogP contribution >= 0.6 is 23.5 Å². The SMILES string of the molecule is CCC(=O)n1c2c(c3ccccc31)C(SCCC(=O)ON1C(=O)CCC1=O)Sc1ccccc1-2. The van der Waals surface area contributed by atoms with Gasteiger partial charge in [0.25, 0.3) is 11.8 Å². The molecule has 2 aliphatic heterocycles. The molecule has 5 rings (SSSR count). The molecule has 2 aromatic carbocycles. The van der Waals surface area contributed by atoms with Gasteiger partial charge in [0.05, 0.1) is 22.2 Å². The van der Waals surface area contributed by atoms with E-state index in [1.165, 1.54) is 0 Å². The molecule has 0 N–H and O–H groups in total. The third-order valence-corrected chi connectivity index (χ3v) is 8.59. The minimum atomic E-state index is -0.610. The van der Waals surface area contributed by atoms with Crippen LogP contribution in [0.4, 0.5) is 0 Å². The van der Waals surface area contributed by atoms with Crippen molar-refractivity contribution in [3.8, 4) is 11.3 Å². The van der Waals surface area contributed by atoms with Crippen LogP contribution in [0.25, 0.3) is 22.2 Å². The summed E-state index contributed by atoms with van der Waals surface area (Å²) in [5.74, 6) is -1.10. The van der Waals surface area contributed by atoms with Crippen molar-refractivity contribution in [2.75, 3.05) is 5.75 Å². The highest BCUT2D eigenvalue weighted by Gasteiger charge is 2.35. The summed E-state index contributed by atoms with van der Waals surface area (Å²) < 4.78 is 1.79. The van der Waals surface area contributed by atoms with E-state index < -0.39 is 17.8 Å². The minimum absolute atomic E-state index is 0.0337. The van der Waals surface area contributed by atoms with E-state index >= 15 is 0 Å². The van der Waals surface area contributed by atoms with Crippen LogP contribution in [0.2, 0.25) is 0 Å². The van der Waals surface area contributed by atoms with Crippen LogP contribution in [0.15, 0.2) is 53.4 Å². The molecular formula is C25H22N2O5S2. The van der Waals surface area contributed by atoms with E-state index in [0.29, 0.717) is 17.2 Å². The lowest BCUT2D eigenvalue weighted by atomic mass is 10.1. The van der Waals surface area contributed by atoms with Crippen molar-refractivity contribution in [3.63, 3.8) is 0 Å². The minimum Gasteiger partial charge on any atom is -0.330 e. The van der Waals surface area contributed by atoms with E-state index in [4.69, 9.17) is 4.84 Å². The van der Waals surface area contributed by atoms with Crippen LogP contribution in [-0.2, 0) is 19.2 Å². The predicted molar refractivity (Wildman–Crippen MR) is 131 cm³/mol. The first kappa shape index (κ1) is 22.7. The highest BCUT2D eigenvalue weighted by atomic mass is 32.2. The van der Waals surface area contributed by atoms with Crippen molar-refractivity contribution < 1.29 is 24.0 Å². The van der Waals surface area contributed by atoms with Crippen molar-refractivity contribution >= 4 is 58.1 Å². The smallest absolute Gasteiger partial charge is 0.330 e. The molecule has 7 nitrogen and oxygen atoms in total. The highest BCUT2D eigenvalue weighted by Crippen LogP contribution is 2.56. The van der Waals surface area contributed by atoms with Crippen molar-refractivity contribution in [2.24, 2.45) is 0 Å². The summed E-state index contributed by atoms with van der Waals surface area (Å²) in [5.41, 5.74) is 3.90. The van der Waals surface area contributed by atoms with Gasteiger partial charge in [0.1, 0.15) is 0 Å². The van der Waals surface area contributed by atoms with E-state index in [9.17, 15) is 19.2 Å². The number of hydroxylamine groups is 2. The molecule has 1 unspecified atom stereocenters. The van der Waals surface area contributed by atoms with E-state index in [2.05, 4.69) is 0 Å². The van der Waals surface area contributed by atoms with Gasteiger partial charge in [0.2, 0.25) is 5.91 Å². The Hall–Kier alpha value is -3.04. The van der Waals surface area contributed by atoms with E-state index in [1.54, 1.807) is 23.5 Å². The second-order valence-corrected chi connectivity index (χ2v) is 10.6. The van der Waals surface area contributed by atoms with E-state index in [1.807, 2.05) is 60.0 Å². The quantitative estimate of drug-likeness (QED) is 0.436. The number of rotatable bonds is 6. The number of fused-ring (bicyclic) bond motifs is 5. The Balaban J connectivity index is 1.43. The summed E-state index contributed by atoms with van der Waals surface area (Å²) >= 11 is 3.29. The zero-order valence-corrected chi connectivity index (χ0v) is 20.1.